The summed E-state index contributed by atoms with van der Waals surface area (Å²) in [6.07, 6.45) is 12.0. The van der Waals surface area contributed by atoms with Crippen LogP contribution in [0.5, 0.6) is 0 Å². The van der Waals surface area contributed by atoms with E-state index in [1.165, 1.54) is 75.2 Å². The van der Waals surface area contributed by atoms with E-state index in [1.807, 2.05) is 0 Å². The molecule has 1 aliphatic heterocycles. The fraction of sp³-hybridized carbons (Fsp3) is 0.652. The van der Waals surface area contributed by atoms with Crippen LogP contribution in [0.25, 0.3) is 0 Å². The second-order valence-electron chi connectivity index (χ2n) is 7.66. The molecule has 0 radical (unpaired) electrons. The van der Waals surface area contributed by atoms with Crippen LogP contribution >= 0.6 is 0 Å². The van der Waals surface area contributed by atoms with Gasteiger partial charge >= 0.3 is 6.09 Å². The summed E-state index contributed by atoms with van der Waals surface area (Å²) < 4.78 is 4.65. The molecule has 5 heteroatoms. The molecule has 156 valence electrons. The molecule has 1 atom stereocenters. The molecular weight excluding hydrogens is 350 g/mol. The lowest BCUT2D eigenvalue weighted by Gasteiger charge is -2.18. The van der Waals surface area contributed by atoms with Crippen LogP contribution in [0.2, 0.25) is 0 Å². The zero-order chi connectivity index (χ0) is 20.2. The number of unbranched alkanes of at least 4 members (excludes halogenated alkanes) is 6. The van der Waals surface area contributed by atoms with Gasteiger partial charge in [0.05, 0.1) is 19.7 Å². The van der Waals surface area contributed by atoms with Gasteiger partial charge in [-0.15, -0.1) is 0 Å². The number of benzene rings is 1. The first-order valence-electron chi connectivity index (χ1n) is 11.0. The quantitative estimate of drug-likeness (QED) is 0.507. The molecule has 5 nitrogen and oxygen atoms in total. The maximum atomic E-state index is 11.4. The summed E-state index contributed by atoms with van der Waals surface area (Å²) in [4.78, 5) is 15.8. The van der Waals surface area contributed by atoms with Gasteiger partial charge < -0.3 is 10.1 Å². The zero-order valence-corrected chi connectivity index (χ0v) is 17.9. The standard InChI is InChI=1S/C23H37N3O2/c1-4-6-8-10-12-18-14-15-20(19(16-18)13-11-9-7-5-2)21-17-24-22(25-21)26-23(27)28-3/h14-16,21H,4-13,17H2,1-3H3,(H2,24,25,26,27). The number of nitrogens with zero attached hydrogens (tertiary/aromatic N) is 1. The van der Waals surface area contributed by atoms with Crippen LogP contribution in [0.1, 0.15) is 87.9 Å². The van der Waals surface area contributed by atoms with Crippen molar-refractivity contribution in [1.29, 1.82) is 0 Å². The Morgan fingerprint density at radius 1 is 1.11 bits per heavy atom. The first-order valence-corrected chi connectivity index (χ1v) is 11.0. The molecular formula is C23H37N3O2. The van der Waals surface area contributed by atoms with Gasteiger partial charge in [0.15, 0.2) is 0 Å². The van der Waals surface area contributed by atoms with Crippen molar-refractivity contribution in [3.05, 3.63) is 34.9 Å². The number of carbonyl (C=O) groups excluding carboxylic acids is 1. The summed E-state index contributed by atoms with van der Waals surface area (Å²) in [6, 6.07) is 7.05. The van der Waals surface area contributed by atoms with Crippen molar-refractivity contribution in [3.8, 4) is 0 Å². The number of alkyl carbamates (subject to hydrolysis) is 1. The normalized spacial score (nSPS) is 15.8. The Morgan fingerprint density at radius 2 is 1.82 bits per heavy atom. The Balaban J connectivity index is 2.03. The minimum absolute atomic E-state index is 0.113. The largest absolute Gasteiger partial charge is 0.453 e. The van der Waals surface area contributed by atoms with E-state index in [2.05, 4.69) is 52.4 Å². The number of amides is 1. The van der Waals surface area contributed by atoms with Crippen molar-refractivity contribution in [2.24, 2.45) is 4.99 Å². The highest BCUT2D eigenvalue weighted by molar-refractivity contribution is 5.95. The Hall–Kier alpha value is -2.04. The molecule has 0 aromatic heterocycles. The minimum atomic E-state index is -0.492. The summed E-state index contributed by atoms with van der Waals surface area (Å²) in [5, 5.41) is 5.97. The molecule has 1 amide bonds. The maximum Gasteiger partial charge on any atom is 0.413 e. The van der Waals surface area contributed by atoms with Gasteiger partial charge in [-0.2, -0.15) is 0 Å². The average molecular weight is 388 g/mol. The van der Waals surface area contributed by atoms with E-state index in [1.54, 1.807) is 0 Å². The summed E-state index contributed by atoms with van der Waals surface area (Å²) in [5.74, 6) is 0.498. The SMILES string of the molecule is CCCCCCc1ccc(C2CN=C(NC(=O)OC)N2)c(CCCCCC)c1. The molecule has 1 unspecified atom stereocenters. The van der Waals surface area contributed by atoms with Gasteiger partial charge in [0, 0.05) is 0 Å². The lowest BCUT2D eigenvalue weighted by Crippen LogP contribution is -2.39. The van der Waals surface area contributed by atoms with Crippen molar-refractivity contribution in [3.63, 3.8) is 0 Å². The van der Waals surface area contributed by atoms with Crippen LogP contribution in [0, 0.1) is 0 Å². The van der Waals surface area contributed by atoms with Crippen LogP contribution in [-0.4, -0.2) is 25.7 Å². The summed E-state index contributed by atoms with van der Waals surface area (Å²) in [6.45, 7) is 5.14. The molecule has 28 heavy (non-hydrogen) atoms. The number of rotatable bonds is 11. The van der Waals surface area contributed by atoms with E-state index in [9.17, 15) is 4.79 Å². The van der Waals surface area contributed by atoms with Gasteiger partial charge in [0.1, 0.15) is 0 Å². The van der Waals surface area contributed by atoms with Gasteiger partial charge in [0.25, 0.3) is 0 Å². The lowest BCUT2D eigenvalue weighted by atomic mass is 9.92. The van der Waals surface area contributed by atoms with Crippen molar-refractivity contribution in [1.82, 2.24) is 10.6 Å². The fourth-order valence-corrected chi connectivity index (χ4v) is 3.71. The first-order chi connectivity index (χ1) is 13.7. The summed E-state index contributed by atoms with van der Waals surface area (Å²) in [5.41, 5.74) is 4.17. The van der Waals surface area contributed by atoms with Crippen molar-refractivity contribution >= 4 is 12.1 Å². The van der Waals surface area contributed by atoms with Gasteiger partial charge in [-0.25, -0.2) is 4.79 Å². The topological polar surface area (TPSA) is 62.7 Å². The second-order valence-corrected chi connectivity index (χ2v) is 7.66. The van der Waals surface area contributed by atoms with Gasteiger partial charge in [0.2, 0.25) is 5.96 Å². The molecule has 0 spiro atoms. The predicted octanol–water partition coefficient (Wildman–Crippen LogP) is 5.29. The smallest absolute Gasteiger partial charge is 0.413 e. The Bertz CT molecular complexity index is 643. The third-order valence-corrected chi connectivity index (χ3v) is 5.35. The van der Waals surface area contributed by atoms with Gasteiger partial charge in [-0.3, -0.25) is 10.3 Å². The number of nitrogens with one attached hydrogen (secondary N) is 2. The minimum Gasteiger partial charge on any atom is -0.453 e. The predicted molar refractivity (Wildman–Crippen MR) is 116 cm³/mol. The number of guanidine groups is 1. The van der Waals surface area contributed by atoms with E-state index in [4.69, 9.17) is 0 Å². The number of aryl methyl sites for hydroxylation is 2. The number of aliphatic imine (C=N–C) groups is 1. The highest BCUT2D eigenvalue weighted by atomic mass is 16.5. The molecule has 0 aliphatic carbocycles. The third kappa shape index (κ3) is 7.17. The van der Waals surface area contributed by atoms with Crippen LogP contribution in [0.3, 0.4) is 0 Å². The second kappa shape index (κ2) is 12.4. The zero-order valence-electron chi connectivity index (χ0n) is 17.9. The molecule has 1 heterocycles. The van der Waals surface area contributed by atoms with E-state index >= 15 is 0 Å². The number of carbonyl (C=O) groups is 1. The molecule has 1 aliphatic rings. The maximum absolute atomic E-state index is 11.4. The Labute approximate surface area is 170 Å². The number of ether oxygens (including phenoxy) is 1. The Kier molecular flexibility index (Phi) is 9.87. The first kappa shape index (κ1) is 22.3. The van der Waals surface area contributed by atoms with E-state index < -0.39 is 6.09 Å². The number of hydrogen-bond donors (Lipinski definition) is 2. The molecule has 0 saturated carbocycles. The monoisotopic (exact) mass is 387 g/mol. The van der Waals surface area contributed by atoms with E-state index in [0.29, 0.717) is 12.5 Å². The molecule has 0 bridgehead atoms. The van der Waals surface area contributed by atoms with Crippen molar-refractivity contribution in [2.45, 2.75) is 84.1 Å². The number of hydrogen-bond acceptors (Lipinski definition) is 4. The molecule has 0 saturated heterocycles. The van der Waals surface area contributed by atoms with E-state index in [-0.39, 0.29) is 6.04 Å². The van der Waals surface area contributed by atoms with E-state index in [0.717, 1.165) is 12.8 Å². The summed E-state index contributed by atoms with van der Waals surface area (Å²) >= 11 is 0. The third-order valence-electron chi connectivity index (χ3n) is 5.35. The van der Waals surface area contributed by atoms with Crippen LogP contribution in [-0.2, 0) is 17.6 Å². The van der Waals surface area contributed by atoms with Gasteiger partial charge in [-0.05, 0) is 42.4 Å². The van der Waals surface area contributed by atoms with Crippen LogP contribution in [0.15, 0.2) is 23.2 Å². The molecule has 1 aromatic carbocycles. The highest BCUT2D eigenvalue weighted by Crippen LogP contribution is 2.25. The van der Waals surface area contributed by atoms with Gasteiger partial charge in [-0.1, -0.05) is 70.6 Å². The van der Waals surface area contributed by atoms with Crippen LogP contribution < -0.4 is 10.6 Å². The fourth-order valence-electron chi connectivity index (χ4n) is 3.71. The molecule has 2 N–H and O–H groups in total. The average Bonchev–Trinajstić information content (AvgIpc) is 3.16. The van der Waals surface area contributed by atoms with Crippen molar-refractivity contribution < 1.29 is 9.53 Å². The van der Waals surface area contributed by atoms with Crippen LogP contribution in [0.4, 0.5) is 4.79 Å². The summed E-state index contributed by atoms with van der Waals surface area (Å²) in [7, 11) is 1.36. The lowest BCUT2D eigenvalue weighted by molar-refractivity contribution is 0.176. The number of methoxy groups -OCH3 is 1. The molecule has 2 rings (SSSR count). The molecule has 1 aromatic rings. The molecule has 0 fully saturated rings. The Morgan fingerprint density at radius 3 is 2.50 bits per heavy atom. The van der Waals surface area contributed by atoms with Crippen molar-refractivity contribution in [2.75, 3.05) is 13.7 Å². The highest BCUT2D eigenvalue weighted by Gasteiger charge is 2.23.